The van der Waals surface area contributed by atoms with Crippen molar-refractivity contribution in [1.82, 2.24) is 25.1 Å². The molecule has 1 aliphatic heterocycles. The third-order valence-corrected chi connectivity index (χ3v) is 6.21. The fourth-order valence-corrected chi connectivity index (χ4v) is 4.78. The third-order valence-electron chi connectivity index (χ3n) is 6.21. The minimum Gasteiger partial charge on any atom is -0.326 e. The Bertz CT molecular complexity index is 883. The summed E-state index contributed by atoms with van der Waals surface area (Å²) in [5.41, 5.74) is 6.02. The van der Waals surface area contributed by atoms with Crippen LogP contribution < -0.4 is 5.32 Å². The Labute approximate surface area is 160 Å². The number of hydrogen-bond donors (Lipinski definition) is 2. The Morgan fingerprint density at radius 2 is 1.85 bits per heavy atom. The number of H-pyrrole nitrogens is 1. The van der Waals surface area contributed by atoms with E-state index in [1.807, 2.05) is 12.5 Å². The zero-order valence-corrected chi connectivity index (χ0v) is 15.7. The van der Waals surface area contributed by atoms with Crippen LogP contribution in [0.5, 0.6) is 0 Å². The molecule has 0 amide bonds. The molecule has 2 N–H and O–H groups in total. The standard InChI is InChI=1S/C22H27N5/c1-3-7-16(8-4-1)20-19(14-25-26-20)22-21(17-9-5-2-6-10-17)24-15-27(22)18-11-12-23-13-18/h2,5-6,9-10,14-16,18,23H,1,3-4,7-8,11-13H2,(H,25,26). The summed E-state index contributed by atoms with van der Waals surface area (Å²) in [4.78, 5) is 4.87. The van der Waals surface area contributed by atoms with Gasteiger partial charge in [0.2, 0.25) is 0 Å². The Morgan fingerprint density at radius 3 is 2.63 bits per heavy atom. The first-order valence-electron chi connectivity index (χ1n) is 10.3. The monoisotopic (exact) mass is 361 g/mol. The second kappa shape index (κ2) is 7.31. The van der Waals surface area contributed by atoms with Crippen LogP contribution in [0.25, 0.3) is 22.5 Å². The lowest BCUT2D eigenvalue weighted by molar-refractivity contribution is 0.436. The summed E-state index contributed by atoms with van der Waals surface area (Å²) in [7, 11) is 0. The average Bonchev–Trinajstić information content (AvgIpc) is 3.48. The summed E-state index contributed by atoms with van der Waals surface area (Å²) in [5.74, 6) is 0.588. The minimum absolute atomic E-state index is 0.457. The number of benzene rings is 1. The molecule has 2 aliphatic rings. The molecule has 1 saturated heterocycles. The van der Waals surface area contributed by atoms with Crippen LogP contribution in [0.3, 0.4) is 0 Å². The van der Waals surface area contributed by atoms with E-state index in [4.69, 9.17) is 4.98 Å². The van der Waals surface area contributed by atoms with Crippen LogP contribution in [0.15, 0.2) is 42.9 Å². The molecule has 1 saturated carbocycles. The zero-order valence-electron chi connectivity index (χ0n) is 15.7. The highest BCUT2D eigenvalue weighted by Crippen LogP contribution is 2.41. The lowest BCUT2D eigenvalue weighted by Crippen LogP contribution is -2.14. The SMILES string of the molecule is c1ccc(-c2ncn(C3CCNC3)c2-c2cn[nH]c2C2CCCCC2)cc1. The quantitative estimate of drug-likeness (QED) is 0.718. The van der Waals surface area contributed by atoms with Crippen LogP contribution in [0.1, 0.15) is 56.2 Å². The topological polar surface area (TPSA) is 58.5 Å². The van der Waals surface area contributed by atoms with Gasteiger partial charge in [-0.05, 0) is 25.8 Å². The largest absolute Gasteiger partial charge is 0.326 e. The Kier molecular flexibility index (Phi) is 4.54. The highest BCUT2D eigenvalue weighted by Gasteiger charge is 2.28. The smallest absolute Gasteiger partial charge is 0.0964 e. The Morgan fingerprint density at radius 1 is 1.00 bits per heavy atom. The molecule has 27 heavy (non-hydrogen) atoms. The summed E-state index contributed by atoms with van der Waals surface area (Å²) in [6, 6.07) is 11.0. The fourth-order valence-electron chi connectivity index (χ4n) is 4.78. The van der Waals surface area contributed by atoms with Gasteiger partial charge in [-0.25, -0.2) is 4.98 Å². The van der Waals surface area contributed by atoms with Gasteiger partial charge >= 0.3 is 0 Å². The van der Waals surface area contributed by atoms with Crippen LogP contribution >= 0.6 is 0 Å². The summed E-state index contributed by atoms with van der Waals surface area (Å²) in [5, 5.41) is 11.3. The van der Waals surface area contributed by atoms with Crippen molar-refractivity contribution >= 4 is 0 Å². The van der Waals surface area contributed by atoms with Gasteiger partial charge in [-0.1, -0.05) is 49.6 Å². The lowest BCUT2D eigenvalue weighted by atomic mass is 9.85. The molecule has 5 nitrogen and oxygen atoms in total. The Balaban J connectivity index is 1.64. The first kappa shape index (κ1) is 16.8. The minimum atomic E-state index is 0.457. The van der Waals surface area contributed by atoms with Crippen molar-refractivity contribution in [2.45, 2.75) is 50.5 Å². The summed E-state index contributed by atoms with van der Waals surface area (Å²) in [6.45, 7) is 2.08. The van der Waals surface area contributed by atoms with Crippen LogP contribution in [-0.4, -0.2) is 32.8 Å². The number of nitrogens with zero attached hydrogens (tertiary/aromatic N) is 3. The van der Waals surface area contributed by atoms with Crippen LogP contribution in [0.4, 0.5) is 0 Å². The van der Waals surface area contributed by atoms with E-state index in [0.29, 0.717) is 12.0 Å². The van der Waals surface area contributed by atoms with Crippen LogP contribution in [0.2, 0.25) is 0 Å². The first-order chi connectivity index (χ1) is 13.4. The second-order valence-electron chi connectivity index (χ2n) is 7.89. The summed E-state index contributed by atoms with van der Waals surface area (Å²) >= 11 is 0. The first-order valence-corrected chi connectivity index (χ1v) is 10.3. The molecular weight excluding hydrogens is 334 g/mol. The van der Waals surface area contributed by atoms with Gasteiger partial charge in [0.15, 0.2) is 0 Å². The van der Waals surface area contributed by atoms with Crippen molar-refractivity contribution in [2.75, 3.05) is 13.1 Å². The predicted molar refractivity (Wildman–Crippen MR) is 108 cm³/mol. The molecule has 3 aromatic rings. The maximum Gasteiger partial charge on any atom is 0.0964 e. The van der Waals surface area contributed by atoms with Crippen molar-refractivity contribution < 1.29 is 0 Å². The number of nitrogens with one attached hydrogen (secondary N) is 2. The van der Waals surface area contributed by atoms with Crippen molar-refractivity contribution in [3.05, 3.63) is 48.5 Å². The molecule has 1 aromatic carbocycles. The van der Waals surface area contributed by atoms with Gasteiger partial charge in [0.05, 0.1) is 23.9 Å². The van der Waals surface area contributed by atoms with E-state index in [1.165, 1.54) is 54.6 Å². The van der Waals surface area contributed by atoms with Gasteiger partial charge in [-0.2, -0.15) is 5.10 Å². The van der Waals surface area contributed by atoms with Gasteiger partial charge in [0, 0.05) is 35.3 Å². The summed E-state index contributed by atoms with van der Waals surface area (Å²) < 4.78 is 2.39. The maximum atomic E-state index is 4.87. The molecule has 2 fully saturated rings. The van der Waals surface area contributed by atoms with Crippen LogP contribution in [-0.2, 0) is 0 Å². The normalized spacial score (nSPS) is 21.0. The summed E-state index contributed by atoms with van der Waals surface area (Å²) in [6.07, 6.45) is 11.7. The van der Waals surface area contributed by atoms with Crippen molar-refractivity contribution in [1.29, 1.82) is 0 Å². The molecule has 5 heteroatoms. The predicted octanol–water partition coefficient (Wildman–Crippen LogP) is 4.52. The molecule has 3 heterocycles. The van der Waals surface area contributed by atoms with Crippen molar-refractivity contribution in [2.24, 2.45) is 0 Å². The molecule has 140 valence electrons. The lowest BCUT2D eigenvalue weighted by Gasteiger charge is -2.23. The van der Waals surface area contributed by atoms with Crippen molar-refractivity contribution in [3.8, 4) is 22.5 Å². The number of aromatic amines is 1. The molecule has 1 atom stereocenters. The van der Waals surface area contributed by atoms with Crippen molar-refractivity contribution in [3.63, 3.8) is 0 Å². The number of rotatable bonds is 4. The van der Waals surface area contributed by atoms with E-state index in [9.17, 15) is 0 Å². The molecule has 1 unspecified atom stereocenters. The van der Waals surface area contributed by atoms with E-state index in [-0.39, 0.29) is 0 Å². The molecule has 1 aliphatic carbocycles. The van der Waals surface area contributed by atoms with E-state index in [1.54, 1.807) is 0 Å². The van der Waals surface area contributed by atoms with Gasteiger partial charge in [0.25, 0.3) is 0 Å². The highest BCUT2D eigenvalue weighted by atomic mass is 15.2. The Hall–Kier alpha value is -2.40. The van der Waals surface area contributed by atoms with E-state index in [0.717, 1.165) is 25.2 Å². The molecule has 0 spiro atoms. The van der Waals surface area contributed by atoms with Gasteiger partial charge in [0.1, 0.15) is 0 Å². The third kappa shape index (κ3) is 3.10. The molecule has 5 rings (SSSR count). The number of hydrogen-bond acceptors (Lipinski definition) is 3. The van der Waals surface area contributed by atoms with Gasteiger partial charge < -0.3 is 9.88 Å². The average molecular weight is 361 g/mol. The van der Waals surface area contributed by atoms with Gasteiger partial charge in [-0.3, -0.25) is 5.10 Å². The molecule has 0 bridgehead atoms. The van der Waals surface area contributed by atoms with Gasteiger partial charge in [-0.15, -0.1) is 0 Å². The zero-order chi connectivity index (χ0) is 18.1. The molecular formula is C22H27N5. The van der Waals surface area contributed by atoms with E-state index < -0.39 is 0 Å². The second-order valence-corrected chi connectivity index (χ2v) is 7.89. The fraction of sp³-hybridized carbons (Fsp3) is 0.455. The maximum absolute atomic E-state index is 4.87. The number of imidazole rings is 1. The van der Waals surface area contributed by atoms with E-state index in [2.05, 4.69) is 50.4 Å². The highest BCUT2D eigenvalue weighted by molar-refractivity contribution is 5.79. The number of aromatic nitrogens is 4. The van der Waals surface area contributed by atoms with E-state index >= 15 is 0 Å². The molecule has 0 radical (unpaired) electrons. The van der Waals surface area contributed by atoms with Crippen LogP contribution in [0, 0.1) is 0 Å². The molecule has 2 aromatic heterocycles.